The number of nitrogens with zero attached hydrogens (tertiary/aromatic N) is 2. The molecule has 0 saturated heterocycles. The zero-order chi connectivity index (χ0) is 21.5. The van der Waals surface area contributed by atoms with E-state index in [9.17, 15) is 14.4 Å². The molecule has 30 heavy (non-hydrogen) atoms. The summed E-state index contributed by atoms with van der Waals surface area (Å²) in [5.74, 6) is -0.840. The summed E-state index contributed by atoms with van der Waals surface area (Å²) in [6.45, 7) is 3.49. The van der Waals surface area contributed by atoms with Crippen molar-refractivity contribution in [1.82, 2.24) is 15.0 Å². The number of thiazole rings is 1. The number of anilines is 1. The Bertz CT molecular complexity index is 1010. The van der Waals surface area contributed by atoms with Crippen LogP contribution in [-0.4, -0.2) is 45.5 Å². The van der Waals surface area contributed by atoms with Crippen LogP contribution in [0, 0.1) is 0 Å². The number of aromatic nitrogens is 3. The smallest absolute Gasteiger partial charge is 0.338 e. The van der Waals surface area contributed by atoms with E-state index in [1.54, 1.807) is 49.0 Å². The van der Waals surface area contributed by atoms with Crippen LogP contribution in [0.4, 0.5) is 5.13 Å². The Morgan fingerprint density at radius 1 is 1.23 bits per heavy atom. The quantitative estimate of drug-likeness (QED) is 0.529. The molecule has 3 rings (SSSR count). The number of ether oxygens (including phenoxy) is 2. The lowest BCUT2D eigenvalue weighted by atomic mass is 10.1. The third kappa shape index (κ3) is 5.51. The second kappa shape index (κ2) is 9.79. The molecule has 1 aromatic carbocycles. The predicted octanol–water partition coefficient (Wildman–Crippen LogP) is 2.82. The zero-order valence-corrected chi connectivity index (χ0v) is 17.2. The average Bonchev–Trinajstić information content (AvgIpc) is 3.40. The topological polar surface area (TPSA) is 123 Å². The van der Waals surface area contributed by atoms with Gasteiger partial charge >= 0.3 is 11.9 Å². The highest BCUT2D eigenvalue weighted by Gasteiger charge is 2.20. The van der Waals surface area contributed by atoms with Crippen molar-refractivity contribution in [3.8, 4) is 11.4 Å². The Morgan fingerprint density at radius 2 is 2.00 bits per heavy atom. The van der Waals surface area contributed by atoms with Crippen molar-refractivity contribution in [2.24, 2.45) is 0 Å². The first-order chi connectivity index (χ1) is 14.5. The summed E-state index contributed by atoms with van der Waals surface area (Å²) in [7, 11) is 0. The average molecular weight is 428 g/mol. The fourth-order valence-corrected chi connectivity index (χ4v) is 3.20. The van der Waals surface area contributed by atoms with E-state index in [0.29, 0.717) is 28.8 Å². The number of H-pyrrole nitrogens is 1. The molecule has 1 atom stereocenters. The number of benzene rings is 1. The molecule has 0 spiro atoms. The van der Waals surface area contributed by atoms with Crippen LogP contribution in [0.1, 0.15) is 29.9 Å². The fraction of sp³-hybridized carbons (Fsp3) is 0.250. The SMILES string of the molecule is CCOC(=O)Cc1csc(NC(=O)C(C)OC(=O)c2ccc(-c3ncc[nH]3)cc2)n1. The Balaban J connectivity index is 1.53. The first kappa shape index (κ1) is 21.2. The molecular formula is C20H20N4O5S. The molecular weight excluding hydrogens is 408 g/mol. The van der Waals surface area contributed by atoms with E-state index in [1.165, 1.54) is 18.3 Å². The molecule has 3 aromatic rings. The van der Waals surface area contributed by atoms with Crippen molar-refractivity contribution in [2.75, 3.05) is 11.9 Å². The summed E-state index contributed by atoms with van der Waals surface area (Å²) in [6.07, 6.45) is 2.35. The number of hydrogen-bond donors (Lipinski definition) is 2. The zero-order valence-electron chi connectivity index (χ0n) is 16.4. The summed E-state index contributed by atoms with van der Waals surface area (Å²) < 4.78 is 10.1. The van der Waals surface area contributed by atoms with Crippen LogP contribution in [-0.2, 0) is 25.5 Å². The Morgan fingerprint density at radius 3 is 2.67 bits per heavy atom. The lowest BCUT2D eigenvalue weighted by Gasteiger charge is -2.12. The third-order valence-corrected chi connectivity index (χ3v) is 4.76. The van der Waals surface area contributed by atoms with Gasteiger partial charge in [-0.25, -0.2) is 14.8 Å². The molecule has 0 bridgehead atoms. The predicted molar refractivity (Wildman–Crippen MR) is 110 cm³/mol. The third-order valence-electron chi connectivity index (χ3n) is 3.96. The van der Waals surface area contributed by atoms with Crippen molar-refractivity contribution in [2.45, 2.75) is 26.4 Å². The summed E-state index contributed by atoms with van der Waals surface area (Å²) in [5, 5.41) is 4.55. The molecule has 1 unspecified atom stereocenters. The standard InChI is InChI=1S/C20H20N4O5S/c1-3-28-16(25)10-15-11-30-20(23-15)24-18(26)12(2)29-19(27)14-6-4-13(5-7-14)17-21-8-9-22-17/h4-9,11-12H,3,10H2,1-2H3,(H,21,22)(H,23,24,26). The van der Waals surface area contributed by atoms with E-state index in [4.69, 9.17) is 9.47 Å². The monoisotopic (exact) mass is 428 g/mol. The first-order valence-electron chi connectivity index (χ1n) is 9.18. The maximum absolute atomic E-state index is 12.3. The minimum atomic E-state index is -1.03. The van der Waals surface area contributed by atoms with Crippen molar-refractivity contribution < 1.29 is 23.9 Å². The van der Waals surface area contributed by atoms with Gasteiger partial charge in [0.05, 0.1) is 24.3 Å². The van der Waals surface area contributed by atoms with E-state index in [0.717, 1.165) is 5.56 Å². The van der Waals surface area contributed by atoms with E-state index >= 15 is 0 Å². The van der Waals surface area contributed by atoms with E-state index in [1.807, 2.05) is 0 Å². The molecule has 0 saturated carbocycles. The molecule has 2 aromatic heterocycles. The number of carbonyl (C=O) groups excluding carboxylic acids is 3. The Kier molecular flexibility index (Phi) is 6.91. The summed E-state index contributed by atoms with van der Waals surface area (Å²) in [5.41, 5.74) is 1.63. The number of esters is 2. The van der Waals surface area contributed by atoms with E-state index < -0.39 is 18.0 Å². The number of nitrogens with one attached hydrogen (secondary N) is 2. The van der Waals surface area contributed by atoms with Crippen LogP contribution in [0.2, 0.25) is 0 Å². The van der Waals surface area contributed by atoms with Crippen LogP contribution in [0.5, 0.6) is 0 Å². The molecule has 0 aliphatic heterocycles. The van der Waals surface area contributed by atoms with Crippen LogP contribution < -0.4 is 5.32 Å². The van der Waals surface area contributed by atoms with Gasteiger partial charge in [-0.2, -0.15) is 0 Å². The van der Waals surface area contributed by atoms with E-state index in [-0.39, 0.29) is 12.4 Å². The molecule has 1 amide bonds. The van der Waals surface area contributed by atoms with Gasteiger partial charge in [-0.1, -0.05) is 12.1 Å². The molecule has 0 fully saturated rings. The number of hydrogen-bond acceptors (Lipinski definition) is 8. The van der Waals surface area contributed by atoms with Crippen molar-refractivity contribution >= 4 is 34.3 Å². The molecule has 10 heteroatoms. The molecule has 0 radical (unpaired) electrons. The van der Waals surface area contributed by atoms with Gasteiger partial charge in [0.1, 0.15) is 5.82 Å². The molecule has 9 nitrogen and oxygen atoms in total. The molecule has 2 N–H and O–H groups in total. The lowest BCUT2D eigenvalue weighted by molar-refractivity contribution is -0.142. The first-order valence-corrected chi connectivity index (χ1v) is 10.1. The Labute approximate surface area is 176 Å². The summed E-state index contributed by atoms with van der Waals surface area (Å²) in [4.78, 5) is 47.4. The van der Waals surface area contributed by atoms with Gasteiger partial charge in [0.25, 0.3) is 5.91 Å². The maximum atomic E-state index is 12.3. The number of aromatic amines is 1. The molecule has 0 aliphatic carbocycles. The normalized spacial score (nSPS) is 11.5. The second-order valence-electron chi connectivity index (χ2n) is 6.18. The number of carbonyl (C=O) groups is 3. The fourth-order valence-electron chi connectivity index (χ4n) is 2.48. The minimum absolute atomic E-state index is 0.0265. The highest BCUT2D eigenvalue weighted by Crippen LogP contribution is 2.18. The Hall–Kier alpha value is -3.53. The largest absolute Gasteiger partial charge is 0.466 e. The molecule has 2 heterocycles. The van der Waals surface area contributed by atoms with Gasteiger partial charge in [-0.3, -0.25) is 14.9 Å². The summed E-state index contributed by atoms with van der Waals surface area (Å²) in [6, 6.07) is 6.68. The highest BCUT2D eigenvalue weighted by atomic mass is 32.1. The van der Waals surface area contributed by atoms with Crippen LogP contribution in [0.25, 0.3) is 11.4 Å². The summed E-state index contributed by atoms with van der Waals surface area (Å²) >= 11 is 1.17. The maximum Gasteiger partial charge on any atom is 0.338 e. The number of imidazole rings is 1. The molecule has 0 aliphatic rings. The van der Waals surface area contributed by atoms with Gasteiger partial charge in [0.2, 0.25) is 0 Å². The van der Waals surface area contributed by atoms with E-state index in [2.05, 4.69) is 20.3 Å². The lowest BCUT2D eigenvalue weighted by Crippen LogP contribution is -2.30. The number of amides is 1. The van der Waals surface area contributed by atoms with Crippen molar-refractivity contribution in [3.05, 3.63) is 53.3 Å². The van der Waals surface area contributed by atoms with Crippen molar-refractivity contribution in [1.29, 1.82) is 0 Å². The van der Waals surface area contributed by atoms with Gasteiger partial charge in [0.15, 0.2) is 11.2 Å². The molecule has 156 valence electrons. The number of rotatable bonds is 8. The minimum Gasteiger partial charge on any atom is -0.466 e. The highest BCUT2D eigenvalue weighted by molar-refractivity contribution is 7.13. The van der Waals surface area contributed by atoms with Crippen LogP contribution in [0.3, 0.4) is 0 Å². The second-order valence-corrected chi connectivity index (χ2v) is 7.04. The van der Waals surface area contributed by atoms with Gasteiger partial charge in [-0.05, 0) is 26.0 Å². The van der Waals surface area contributed by atoms with Crippen LogP contribution >= 0.6 is 11.3 Å². The van der Waals surface area contributed by atoms with Gasteiger partial charge < -0.3 is 14.5 Å². The van der Waals surface area contributed by atoms with Crippen LogP contribution in [0.15, 0.2) is 42.0 Å². The van der Waals surface area contributed by atoms with Crippen molar-refractivity contribution in [3.63, 3.8) is 0 Å². The van der Waals surface area contributed by atoms with Gasteiger partial charge in [-0.15, -0.1) is 11.3 Å². The van der Waals surface area contributed by atoms with Gasteiger partial charge in [0, 0.05) is 23.3 Å².